The zero-order valence-corrected chi connectivity index (χ0v) is 12.0. The maximum absolute atomic E-state index is 5.58. The molecule has 2 fully saturated rings. The smallest absolute Gasteiger partial charge is 0.227 e. The fourth-order valence-corrected chi connectivity index (χ4v) is 2.93. The lowest BCUT2D eigenvalue weighted by atomic mass is 9.85. The minimum Gasteiger partial charge on any atom is -0.376 e. The number of rotatable bonds is 4. The number of aromatic nitrogens is 2. The Bertz CT molecular complexity index is 412. The Labute approximate surface area is 119 Å². The molecule has 0 amide bonds. The molecule has 0 saturated carbocycles. The van der Waals surface area contributed by atoms with Crippen molar-refractivity contribution in [3.05, 3.63) is 11.7 Å². The molecule has 3 atom stereocenters. The Hall–Kier alpha value is -0.980. The minimum atomic E-state index is -0.173. The molecule has 2 aliphatic heterocycles. The Morgan fingerprint density at radius 2 is 2.35 bits per heavy atom. The first-order valence-corrected chi connectivity index (χ1v) is 7.55. The number of piperidine rings is 1. The highest BCUT2D eigenvalue weighted by molar-refractivity contribution is 4.94. The standard InChI is InChI=1S/C14H23N3O3/c1-10(11-3-2-4-15-8-11)7-13-16-14(17-20-13)12-9-18-5-6-19-12/h10-12,15H,2-9H2,1H3. The lowest BCUT2D eigenvalue weighted by molar-refractivity contribution is -0.0941. The average molecular weight is 281 g/mol. The summed E-state index contributed by atoms with van der Waals surface area (Å²) >= 11 is 0. The van der Waals surface area contributed by atoms with Gasteiger partial charge in [0.2, 0.25) is 11.7 Å². The second kappa shape index (κ2) is 6.65. The zero-order valence-electron chi connectivity index (χ0n) is 12.0. The fourth-order valence-electron chi connectivity index (χ4n) is 2.93. The van der Waals surface area contributed by atoms with Gasteiger partial charge in [0, 0.05) is 6.42 Å². The summed E-state index contributed by atoms with van der Waals surface area (Å²) < 4.78 is 16.3. The summed E-state index contributed by atoms with van der Waals surface area (Å²) in [7, 11) is 0. The number of nitrogens with zero attached hydrogens (tertiary/aromatic N) is 2. The van der Waals surface area contributed by atoms with Gasteiger partial charge in [0.25, 0.3) is 0 Å². The molecule has 0 aliphatic carbocycles. The normalized spacial score (nSPS) is 29.2. The quantitative estimate of drug-likeness (QED) is 0.898. The van der Waals surface area contributed by atoms with Crippen LogP contribution in [0.25, 0.3) is 0 Å². The average Bonchev–Trinajstić information content (AvgIpc) is 2.97. The Morgan fingerprint density at radius 1 is 1.40 bits per heavy atom. The van der Waals surface area contributed by atoms with E-state index in [4.69, 9.17) is 14.0 Å². The van der Waals surface area contributed by atoms with E-state index in [2.05, 4.69) is 22.4 Å². The van der Waals surface area contributed by atoms with Crippen molar-refractivity contribution in [3.63, 3.8) is 0 Å². The number of nitrogens with one attached hydrogen (secondary N) is 1. The molecule has 0 radical (unpaired) electrons. The Morgan fingerprint density at radius 3 is 3.10 bits per heavy atom. The molecule has 0 bridgehead atoms. The topological polar surface area (TPSA) is 69.4 Å². The summed E-state index contributed by atoms with van der Waals surface area (Å²) in [6.07, 6.45) is 3.21. The SMILES string of the molecule is CC(Cc1nc(C2COCCO2)no1)C1CCCNC1. The molecule has 6 nitrogen and oxygen atoms in total. The van der Waals surface area contributed by atoms with Crippen molar-refractivity contribution in [2.75, 3.05) is 32.9 Å². The fraction of sp³-hybridized carbons (Fsp3) is 0.857. The summed E-state index contributed by atoms with van der Waals surface area (Å²) in [5.74, 6) is 2.59. The van der Waals surface area contributed by atoms with Gasteiger partial charge in [-0.15, -0.1) is 0 Å². The largest absolute Gasteiger partial charge is 0.376 e. The molecule has 112 valence electrons. The number of ether oxygens (including phenoxy) is 2. The number of hydrogen-bond acceptors (Lipinski definition) is 6. The van der Waals surface area contributed by atoms with Gasteiger partial charge < -0.3 is 19.3 Å². The van der Waals surface area contributed by atoms with E-state index in [1.165, 1.54) is 12.8 Å². The molecule has 6 heteroatoms. The first-order valence-electron chi connectivity index (χ1n) is 7.55. The molecule has 3 heterocycles. The summed E-state index contributed by atoms with van der Waals surface area (Å²) in [6, 6.07) is 0. The van der Waals surface area contributed by atoms with Crippen LogP contribution >= 0.6 is 0 Å². The van der Waals surface area contributed by atoms with Crippen molar-refractivity contribution < 1.29 is 14.0 Å². The van der Waals surface area contributed by atoms with Crippen LogP contribution in [0.15, 0.2) is 4.52 Å². The lowest BCUT2D eigenvalue weighted by Gasteiger charge is -2.27. The number of hydrogen-bond donors (Lipinski definition) is 1. The van der Waals surface area contributed by atoms with Gasteiger partial charge >= 0.3 is 0 Å². The van der Waals surface area contributed by atoms with Gasteiger partial charge in [-0.05, 0) is 37.8 Å². The van der Waals surface area contributed by atoms with E-state index in [0.717, 1.165) is 19.5 Å². The molecule has 1 aromatic rings. The van der Waals surface area contributed by atoms with E-state index >= 15 is 0 Å². The highest BCUT2D eigenvalue weighted by atomic mass is 16.6. The van der Waals surface area contributed by atoms with Crippen LogP contribution in [0.4, 0.5) is 0 Å². The van der Waals surface area contributed by atoms with Crippen LogP contribution in [-0.4, -0.2) is 43.1 Å². The third-order valence-corrected chi connectivity index (χ3v) is 4.22. The lowest BCUT2D eigenvalue weighted by Crippen LogP contribution is -2.33. The third-order valence-electron chi connectivity index (χ3n) is 4.22. The van der Waals surface area contributed by atoms with E-state index in [1.807, 2.05) is 0 Å². The molecular weight excluding hydrogens is 258 g/mol. The van der Waals surface area contributed by atoms with Crippen LogP contribution < -0.4 is 5.32 Å². The maximum atomic E-state index is 5.58. The van der Waals surface area contributed by atoms with E-state index in [9.17, 15) is 0 Å². The summed E-state index contributed by atoms with van der Waals surface area (Å²) in [5, 5.41) is 7.49. The monoisotopic (exact) mass is 281 g/mol. The van der Waals surface area contributed by atoms with Gasteiger partial charge in [0.15, 0.2) is 0 Å². The second-order valence-electron chi connectivity index (χ2n) is 5.77. The molecule has 0 spiro atoms. The third kappa shape index (κ3) is 3.37. The van der Waals surface area contributed by atoms with Crippen molar-refractivity contribution in [1.29, 1.82) is 0 Å². The highest BCUT2D eigenvalue weighted by Crippen LogP contribution is 2.24. The van der Waals surface area contributed by atoms with Gasteiger partial charge in [-0.1, -0.05) is 12.1 Å². The van der Waals surface area contributed by atoms with Gasteiger partial charge in [0.05, 0.1) is 19.8 Å². The van der Waals surface area contributed by atoms with Crippen molar-refractivity contribution in [2.45, 2.75) is 32.3 Å². The maximum Gasteiger partial charge on any atom is 0.227 e. The van der Waals surface area contributed by atoms with Crippen molar-refractivity contribution in [3.8, 4) is 0 Å². The molecule has 3 rings (SSSR count). The zero-order chi connectivity index (χ0) is 13.8. The molecule has 2 saturated heterocycles. The van der Waals surface area contributed by atoms with Crippen molar-refractivity contribution in [1.82, 2.24) is 15.5 Å². The first-order chi connectivity index (χ1) is 9.83. The molecule has 1 aromatic heterocycles. The molecule has 20 heavy (non-hydrogen) atoms. The predicted octanol–water partition coefficient (Wildman–Crippen LogP) is 1.34. The molecule has 1 N–H and O–H groups in total. The van der Waals surface area contributed by atoms with E-state index in [1.54, 1.807) is 0 Å². The molecule has 3 unspecified atom stereocenters. The van der Waals surface area contributed by atoms with Crippen molar-refractivity contribution >= 4 is 0 Å². The van der Waals surface area contributed by atoms with Gasteiger partial charge in [-0.2, -0.15) is 4.98 Å². The van der Waals surface area contributed by atoms with Gasteiger partial charge in [0.1, 0.15) is 6.10 Å². The Kier molecular flexibility index (Phi) is 4.65. The molecule has 2 aliphatic rings. The second-order valence-corrected chi connectivity index (χ2v) is 5.77. The summed E-state index contributed by atoms with van der Waals surface area (Å²) in [5.41, 5.74) is 0. The van der Waals surface area contributed by atoms with Crippen LogP contribution in [0.2, 0.25) is 0 Å². The van der Waals surface area contributed by atoms with Gasteiger partial charge in [-0.3, -0.25) is 0 Å². The van der Waals surface area contributed by atoms with E-state index in [-0.39, 0.29) is 6.10 Å². The highest BCUT2D eigenvalue weighted by Gasteiger charge is 2.25. The van der Waals surface area contributed by atoms with Crippen LogP contribution in [0.5, 0.6) is 0 Å². The van der Waals surface area contributed by atoms with Crippen LogP contribution in [0, 0.1) is 11.8 Å². The van der Waals surface area contributed by atoms with Crippen LogP contribution in [0.3, 0.4) is 0 Å². The minimum absolute atomic E-state index is 0.173. The van der Waals surface area contributed by atoms with E-state index < -0.39 is 0 Å². The summed E-state index contributed by atoms with van der Waals surface area (Å²) in [4.78, 5) is 4.47. The first kappa shape index (κ1) is 14.0. The van der Waals surface area contributed by atoms with Crippen molar-refractivity contribution in [2.24, 2.45) is 11.8 Å². The molecular formula is C14H23N3O3. The van der Waals surface area contributed by atoms with Gasteiger partial charge in [-0.25, -0.2) is 0 Å². The van der Waals surface area contributed by atoms with Crippen LogP contribution in [0.1, 0.15) is 37.6 Å². The van der Waals surface area contributed by atoms with Crippen LogP contribution in [-0.2, 0) is 15.9 Å². The summed E-state index contributed by atoms with van der Waals surface area (Å²) in [6.45, 7) is 6.27. The molecule has 0 aromatic carbocycles. The van der Waals surface area contributed by atoms with E-state index in [0.29, 0.717) is 43.4 Å². The predicted molar refractivity (Wildman–Crippen MR) is 72.3 cm³/mol. The Balaban J connectivity index is 1.56.